The maximum absolute atomic E-state index is 13.4. The second-order valence-corrected chi connectivity index (χ2v) is 26.8. The van der Waals surface area contributed by atoms with Crippen LogP contribution in [-0.2, 0) is 23.7 Å². The summed E-state index contributed by atoms with van der Waals surface area (Å²) in [6.45, 7) is 2.91. The molecule has 0 aliphatic carbocycles. The highest BCUT2D eigenvalue weighted by molar-refractivity contribution is 5.76. The summed E-state index contributed by atoms with van der Waals surface area (Å²) in [6.07, 6.45) is 60.2. The zero-order valence-corrected chi connectivity index (χ0v) is 57.2. The predicted molar refractivity (Wildman–Crippen MR) is 365 cm³/mol. The molecular formula is C75H141NO13. The number of allylic oxidation sites excluding steroid dienone is 6. The molecule has 0 saturated carbocycles. The van der Waals surface area contributed by atoms with Crippen LogP contribution in [0.5, 0.6) is 0 Å². The summed E-state index contributed by atoms with van der Waals surface area (Å²) in [4.78, 5) is 13.4. The van der Waals surface area contributed by atoms with Gasteiger partial charge in [-0.25, -0.2) is 0 Å². The van der Waals surface area contributed by atoms with Gasteiger partial charge in [0.2, 0.25) is 5.91 Å². The van der Waals surface area contributed by atoms with Crippen LogP contribution in [0.15, 0.2) is 36.5 Å². The Labute approximate surface area is 544 Å². The van der Waals surface area contributed by atoms with E-state index in [1.165, 1.54) is 250 Å². The highest BCUT2D eigenvalue weighted by Crippen LogP contribution is 2.30. The van der Waals surface area contributed by atoms with Crippen LogP contribution in [0.3, 0.4) is 0 Å². The fourth-order valence-corrected chi connectivity index (χ4v) is 12.6. The molecule has 1 amide bonds. The van der Waals surface area contributed by atoms with Crippen molar-refractivity contribution in [3.63, 3.8) is 0 Å². The Balaban J connectivity index is 1.64. The molecule has 0 radical (unpaired) electrons. The summed E-state index contributed by atoms with van der Waals surface area (Å²) in [5.41, 5.74) is 0. The van der Waals surface area contributed by atoms with Gasteiger partial charge in [-0.1, -0.05) is 320 Å². The zero-order valence-electron chi connectivity index (χ0n) is 57.2. The van der Waals surface area contributed by atoms with E-state index < -0.39 is 86.8 Å². The van der Waals surface area contributed by atoms with E-state index in [0.717, 1.165) is 64.2 Å². The first-order valence-corrected chi connectivity index (χ1v) is 37.7. The van der Waals surface area contributed by atoms with Crippen molar-refractivity contribution < 1.29 is 64.6 Å². The van der Waals surface area contributed by atoms with Gasteiger partial charge in [-0.2, -0.15) is 0 Å². The van der Waals surface area contributed by atoms with Crippen LogP contribution in [0, 0.1) is 0 Å². The minimum absolute atomic E-state index is 0.202. The van der Waals surface area contributed by atoms with E-state index in [-0.39, 0.29) is 12.5 Å². The van der Waals surface area contributed by atoms with Crippen LogP contribution in [0.1, 0.15) is 341 Å². The van der Waals surface area contributed by atoms with E-state index in [1.807, 2.05) is 0 Å². The van der Waals surface area contributed by atoms with Crippen molar-refractivity contribution in [1.82, 2.24) is 5.32 Å². The fourth-order valence-electron chi connectivity index (χ4n) is 12.6. The molecule has 9 N–H and O–H groups in total. The quantitative estimate of drug-likeness (QED) is 0.0204. The zero-order chi connectivity index (χ0) is 64.5. The van der Waals surface area contributed by atoms with Crippen molar-refractivity contribution in [3.05, 3.63) is 36.5 Å². The second kappa shape index (κ2) is 59.9. The first-order valence-electron chi connectivity index (χ1n) is 37.7. The molecule has 12 atom stereocenters. The summed E-state index contributed by atoms with van der Waals surface area (Å²) < 4.78 is 23.0. The standard InChI is InChI=1S/C75H141NO13/c1-3-5-7-9-11-13-15-17-19-21-23-25-27-29-31-32-33-35-37-39-41-43-45-47-49-51-53-55-57-59-67(80)76-63(62-86-74-72(85)70(83)73(66(61-78)88-74)89-75-71(84)69(82)68(81)65(60-77)87-75)64(79)58-56-54-52-50-48-46-44-42-40-38-36-34-30-28-26-24-22-20-18-16-14-12-10-8-6-4-2/h15,17,21,23,27,29,63-66,68-75,77-79,81-85H,3-14,16,18-20,22,24-26,28,30-62H2,1-2H3,(H,76,80)/b17-15-,23-21-,29-27-. The van der Waals surface area contributed by atoms with Crippen LogP contribution in [-0.4, -0.2) is 140 Å². The average molecular weight is 1260 g/mol. The smallest absolute Gasteiger partial charge is 0.220 e. The Kier molecular flexibility index (Phi) is 56.1. The Morgan fingerprint density at radius 2 is 0.742 bits per heavy atom. The highest BCUT2D eigenvalue weighted by atomic mass is 16.7. The molecule has 0 bridgehead atoms. The predicted octanol–water partition coefficient (Wildman–Crippen LogP) is 16.1. The highest BCUT2D eigenvalue weighted by Gasteiger charge is 2.51. The molecule has 89 heavy (non-hydrogen) atoms. The number of hydrogen-bond acceptors (Lipinski definition) is 13. The van der Waals surface area contributed by atoms with Gasteiger partial charge in [-0.05, 0) is 51.4 Å². The van der Waals surface area contributed by atoms with Gasteiger partial charge in [0.1, 0.15) is 48.8 Å². The van der Waals surface area contributed by atoms with Gasteiger partial charge in [0.15, 0.2) is 12.6 Å². The molecule has 14 heteroatoms. The molecule has 0 aromatic carbocycles. The lowest BCUT2D eigenvalue weighted by Gasteiger charge is -2.46. The van der Waals surface area contributed by atoms with Gasteiger partial charge in [0, 0.05) is 6.42 Å². The molecule has 2 saturated heterocycles. The van der Waals surface area contributed by atoms with Crippen molar-refractivity contribution in [2.75, 3.05) is 19.8 Å². The summed E-state index contributed by atoms with van der Waals surface area (Å²) in [7, 11) is 0. The number of carbonyl (C=O) groups excluding carboxylic acids is 1. The molecule has 2 rings (SSSR count). The van der Waals surface area contributed by atoms with Crippen molar-refractivity contribution in [2.45, 2.75) is 415 Å². The fraction of sp³-hybridized carbons (Fsp3) is 0.907. The first kappa shape index (κ1) is 83.3. The Morgan fingerprint density at radius 1 is 0.404 bits per heavy atom. The molecule has 0 aromatic heterocycles. The summed E-state index contributed by atoms with van der Waals surface area (Å²) in [5.74, 6) is -0.202. The molecule has 2 aliphatic heterocycles. The monoisotopic (exact) mass is 1260 g/mol. The molecule has 2 fully saturated rings. The van der Waals surface area contributed by atoms with Crippen molar-refractivity contribution in [3.8, 4) is 0 Å². The van der Waals surface area contributed by atoms with Gasteiger partial charge >= 0.3 is 0 Å². The van der Waals surface area contributed by atoms with Gasteiger partial charge in [0.25, 0.3) is 0 Å². The molecule has 0 aromatic rings. The maximum Gasteiger partial charge on any atom is 0.220 e. The van der Waals surface area contributed by atoms with Crippen molar-refractivity contribution >= 4 is 5.91 Å². The van der Waals surface area contributed by atoms with Gasteiger partial charge in [0.05, 0.1) is 32.0 Å². The van der Waals surface area contributed by atoms with E-state index in [1.54, 1.807) is 0 Å². The SMILES string of the molecule is CCCCCCC/C=C\C/C=C\C/C=C\CCCCCCCCCCCCCCCCC(=O)NC(COC1OC(CO)C(OC2OC(CO)C(O)C(O)C2O)C(O)C1O)C(O)CCCCCCCCCCCCCCCCCCCCCCCCCCCC. The number of carbonyl (C=O) groups is 1. The molecule has 0 spiro atoms. The van der Waals surface area contributed by atoms with Crippen molar-refractivity contribution in [1.29, 1.82) is 0 Å². The number of ether oxygens (including phenoxy) is 4. The lowest BCUT2D eigenvalue weighted by Crippen LogP contribution is -2.65. The Morgan fingerprint density at radius 3 is 1.13 bits per heavy atom. The minimum atomic E-state index is -1.78. The molecular weight excluding hydrogens is 1120 g/mol. The topological polar surface area (TPSA) is 228 Å². The Hall–Kier alpha value is -1.79. The van der Waals surface area contributed by atoms with E-state index in [4.69, 9.17) is 18.9 Å². The third-order valence-electron chi connectivity index (χ3n) is 18.6. The number of aliphatic hydroxyl groups is 8. The lowest BCUT2D eigenvalue weighted by atomic mass is 9.97. The number of hydrogen-bond donors (Lipinski definition) is 9. The van der Waals surface area contributed by atoms with Gasteiger partial charge in [-0.15, -0.1) is 0 Å². The number of aliphatic hydroxyl groups excluding tert-OH is 8. The minimum Gasteiger partial charge on any atom is -0.394 e. The number of unbranched alkanes of at least 4 members (excludes halogenated alkanes) is 44. The summed E-state index contributed by atoms with van der Waals surface area (Å²) in [5, 5.41) is 87.8. The molecule has 12 unspecified atom stereocenters. The van der Waals surface area contributed by atoms with Gasteiger partial charge < -0.3 is 65.1 Å². The maximum atomic E-state index is 13.4. The van der Waals surface area contributed by atoms with Crippen LogP contribution < -0.4 is 5.32 Å². The lowest BCUT2D eigenvalue weighted by molar-refractivity contribution is -0.359. The van der Waals surface area contributed by atoms with E-state index in [0.29, 0.717) is 12.8 Å². The van der Waals surface area contributed by atoms with E-state index in [9.17, 15) is 45.6 Å². The van der Waals surface area contributed by atoms with Crippen LogP contribution in [0.25, 0.3) is 0 Å². The summed E-state index contributed by atoms with van der Waals surface area (Å²) >= 11 is 0. The van der Waals surface area contributed by atoms with Crippen molar-refractivity contribution in [2.24, 2.45) is 0 Å². The Bertz CT molecular complexity index is 1630. The number of nitrogens with one attached hydrogen (secondary N) is 1. The third-order valence-corrected chi connectivity index (χ3v) is 18.6. The normalized spacial score (nSPS) is 23.2. The largest absolute Gasteiger partial charge is 0.394 e. The summed E-state index contributed by atoms with van der Waals surface area (Å²) in [6, 6.07) is -0.831. The van der Waals surface area contributed by atoms with Gasteiger partial charge in [-0.3, -0.25) is 4.79 Å². The van der Waals surface area contributed by atoms with Crippen LogP contribution in [0.2, 0.25) is 0 Å². The first-order chi connectivity index (χ1) is 43.6. The number of amides is 1. The second-order valence-electron chi connectivity index (χ2n) is 26.8. The third kappa shape index (κ3) is 43.7. The van der Waals surface area contributed by atoms with Crippen LogP contribution in [0.4, 0.5) is 0 Å². The average Bonchev–Trinajstić information content (AvgIpc) is 2.51. The molecule has 2 aliphatic rings. The molecule has 14 nitrogen and oxygen atoms in total. The van der Waals surface area contributed by atoms with E-state index >= 15 is 0 Å². The number of rotatable bonds is 63. The molecule has 2 heterocycles. The van der Waals surface area contributed by atoms with Crippen LogP contribution >= 0.6 is 0 Å². The van der Waals surface area contributed by atoms with E-state index in [2.05, 4.69) is 55.6 Å². The molecule has 524 valence electrons.